The van der Waals surface area contributed by atoms with Gasteiger partial charge in [-0.3, -0.25) is 5.32 Å². The highest BCUT2D eigenvalue weighted by molar-refractivity contribution is 5.83. The standard InChI is InChI=1S/C13H17F2N3O7/c1-23-4-5-24-12(22)17-8-2-3-16-11(21)18(8)10-13(14,15)9(20)7(6-19)25-10/h2-3,7,9-10,19-20H,4-6H2,1H3,(H,17,22)/t7-,9-,10-/m1/s1. The van der Waals surface area contributed by atoms with Gasteiger partial charge in [-0.05, 0) is 6.07 Å². The minimum atomic E-state index is -3.91. The molecule has 1 aromatic rings. The van der Waals surface area contributed by atoms with Gasteiger partial charge < -0.3 is 24.4 Å². The summed E-state index contributed by atoms with van der Waals surface area (Å²) < 4.78 is 43.2. The van der Waals surface area contributed by atoms with Crippen LogP contribution in [0.25, 0.3) is 0 Å². The molecule has 0 bridgehead atoms. The molecular weight excluding hydrogens is 348 g/mol. The lowest BCUT2D eigenvalue weighted by molar-refractivity contribution is -0.140. The lowest BCUT2D eigenvalue weighted by Crippen LogP contribution is -2.42. The molecule has 0 radical (unpaired) electrons. The molecule has 1 aliphatic rings. The van der Waals surface area contributed by atoms with Gasteiger partial charge in [0.1, 0.15) is 18.5 Å². The van der Waals surface area contributed by atoms with Crippen molar-refractivity contribution in [3.05, 3.63) is 22.7 Å². The van der Waals surface area contributed by atoms with Crippen molar-refractivity contribution in [1.82, 2.24) is 9.55 Å². The molecule has 1 amide bonds. The Morgan fingerprint density at radius 2 is 2.24 bits per heavy atom. The van der Waals surface area contributed by atoms with Gasteiger partial charge in [-0.25, -0.2) is 19.1 Å². The highest BCUT2D eigenvalue weighted by Crippen LogP contribution is 2.43. The number of aliphatic hydroxyl groups is 2. The second-order valence-electron chi connectivity index (χ2n) is 5.07. The quantitative estimate of drug-likeness (QED) is 0.565. The molecule has 3 N–H and O–H groups in total. The van der Waals surface area contributed by atoms with Crippen molar-refractivity contribution < 1.29 is 38.0 Å². The summed E-state index contributed by atoms with van der Waals surface area (Å²) in [4.78, 5) is 27.0. The molecule has 1 aromatic heterocycles. The lowest BCUT2D eigenvalue weighted by atomic mass is 10.1. The molecule has 12 heteroatoms. The predicted octanol–water partition coefficient (Wildman–Crippen LogP) is -0.676. The summed E-state index contributed by atoms with van der Waals surface area (Å²) in [7, 11) is 1.39. The molecule has 0 aliphatic carbocycles. The van der Waals surface area contributed by atoms with E-state index in [2.05, 4.69) is 15.0 Å². The third kappa shape index (κ3) is 3.92. The van der Waals surface area contributed by atoms with E-state index in [1.807, 2.05) is 0 Å². The van der Waals surface area contributed by atoms with E-state index in [1.54, 1.807) is 0 Å². The summed E-state index contributed by atoms with van der Waals surface area (Å²) in [5.41, 5.74) is -1.15. The topological polar surface area (TPSA) is 132 Å². The number of carbonyl (C=O) groups is 1. The first-order valence-electron chi connectivity index (χ1n) is 7.15. The van der Waals surface area contributed by atoms with Gasteiger partial charge >= 0.3 is 17.7 Å². The second-order valence-corrected chi connectivity index (χ2v) is 5.07. The molecule has 10 nitrogen and oxygen atoms in total. The van der Waals surface area contributed by atoms with Crippen LogP contribution in [0.1, 0.15) is 6.23 Å². The molecule has 0 aromatic carbocycles. The zero-order valence-electron chi connectivity index (χ0n) is 13.1. The van der Waals surface area contributed by atoms with E-state index in [4.69, 9.17) is 14.6 Å². The number of ether oxygens (including phenoxy) is 3. The third-order valence-corrected chi connectivity index (χ3v) is 3.43. The second kappa shape index (κ2) is 7.82. The van der Waals surface area contributed by atoms with Gasteiger partial charge in [0.2, 0.25) is 6.23 Å². The van der Waals surface area contributed by atoms with Crippen LogP contribution in [0.5, 0.6) is 0 Å². The van der Waals surface area contributed by atoms with Crippen molar-refractivity contribution in [2.45, 2.75) is 24.4 Å². The van der Waals surface area contributed by atoms with Crippen LogP contribution >= 0.6 is 0 Å². The lowest BCUT2D eigenvalue weighted by Gasteiger charge is -2.23. The number of aromatic nitrogens is 2. The Kier molecular flexibility index (Phi) is 6.00. The number of nitrogens with one attached hydrogen (secondary N) is 1. The Bertz CT molecular complexity index is 669. The smallest absolute Gasteiger partial charge is 0.412 e. The molecule has 1 saturated heterocycles. The van der Waals surface area contributed by atoms with Gasteiger partial charge in [-0.1, -0.05) is 0 Å². The van der Waals surface area contributed by atoms with E-state index < -0.39 is 42.7 Å². The summed E-state index contributed by atoms with van der Waals surface area (Å²) in [5, 5.41) is 20.7. The van der Waals surface area contributed by atoms with Crippen molar-refractivity contribution in [2.24, 2.45) is 0 Å². The molecule has 2 rings (SSSR count). The number of methoxy groups -OCH3 is 1. The van der Waals surface area contributed by atoms with Crippen LogP contribution in [-0.2, 0) is 14.2 Å². The first-order valence-corrected chi connectivity index (χ1v) is 7.15. The normalized spacial score (nSPS) is 24.9. The maximum absolute atomic E-state index is 14.2. The number of hydrogen-bond acceptors (Lipinski definition) is 8. The van der Waals surface area contributed by atoms with Gasteiger partial charge in [0.15, 0.2) is 6.10 Å². The van der Waals surface area contributed by atoms with Gasteiger partial charge in [-0.15, -0.1) is 0 Å². The molecule has 0 saturated carbocycles. The van der Waals surface area contributed by atoms with Gasteiger partial charge in [0.25, 0.3) is 0 Å². The van der Waals surface area contributed by atoms with Crippen LogP contribution in [0.15, 0.2) is 17.1 Å². The van der Waals surface area contributed by atoms with Crippen LogP contribution in [-0.4, -0.2) is 70.9 Å². The Hall–Kier alpha value is -2.15. The van der Waals surface area contributed by atoms with Crippen molar-refractivity contribution >= 4 is 11.9 Å². The fraction of sp³-hybridized carbons (Fsp3) is 0.615. The number of nitrogens with zero attached hydrogens (tertiary/aromatic N) is 2. The number of aliphatic hydroxyl groups excluding tert-OH is 2. The minimum Gasteiger partial charge on any atom is -0.447 e. The molecule has 25 heavy (non-hydrogen) atoms. The Morgan fingerprint density at radius 3 is 2.84 bits per heavy atom. The van der Waals surface area contributed by atoms with Crippen molar-refractivity contribution in [1.29, 1.82) is 0 Å². The fourth-order valence-corrected chi connectivity index (χ4v) is 2.20. The van der Waals surface area contributed by atoms with E-state index in [-0.39, 0.29) is 19.0 Å². The molecule has 1 aliphatic heterocycles. The number of alkyl halides is 2. The van der Waals surface area contributed by atoms with Crippen LogP contribution < -0.4 is 11.0 Å². The first-order chi connectivity index (χ1) is 11.8. The Morgan fingerprint density at radius 1 is 1.52 bits per heavy atom. The number of carbonyl (C=O) groups excluding carboxylic acids is 1. The maximum atomic E-state index is 14.2. The number of amides is 1. The van der Waals surface area contributed by atoms with E-state index in [1.165, 1.54) is 7.11 Å². The number of anilines is 1. The summed E-state index contributed by atoms with van der Waals surface area (Å²) in [6.07, 6.45) is -6.23. The molecule has 0 unspecified atom stereocenters. The first kappa shape index (κ1) is 19.2. The Balaban J connectivity index is 2.29. The molecule has 0 spiro atoms. The van der Waals surface area contributed by atoms with E-state index in [0.29, 0.717) is 4.57 Å². The summed E-state index contributed by atoms with van der Waals surface area (Å²) in [6.45, 7) is -0.867. The van der Waals surface area contributed by atoms with E-state index in [0.717, 1.165) is 12.3 Å². The SMILES string of the molecule is COCCOC(=O)Nc1ccnc(=O)n1[C@@H]1O[C@H](CO)[C@@H](O)C1(F)F. The van der Waals surface area contributed by atoms with Gasteiger partial charge in [0, 0.05) is 13.3 Å². The molecule has 2 heterocycles. The van der Waals surface area contributed by atoms with Gasteiger partial charge in [0.05, 0.1) is 13.2 Å². The van der Waals surface area contributed by atoms with Crippen molar-refractivity contribution in [2.75, 3.05) is 32.2 Å². The fourth-order valence-electron chi connectivity index (χ4n) is 2.20. The molecule has 3 atom stereocenters. The summed E-state index contributed by atoms with van der Waals surface area (Å²) in [5.74, 6) is -4.28. The predicted molar refractivity (Wildman–Crippen MR) is 77.3 cm³/mol. The summed E-state index contributed by atoms with van der Waals surface area (Å²) >= 11 is 0. The van der Waals surface area contributed by atoms with Gasteiger partial charge in [-0.2, -0.15) is 8.78 Å². The van der Waals surface area contributed by atoms with Crippen LogP contribution in [0.2, 0.25) is 0 Å². The monoisotopic (exact) mass is 365 g/mol. The maximum Gasteiger partial charge on any atom is 0.412 e. The molecular formula is C13H17F2N3O7. The van der Waals surface area contributed by atoms with Crippen LogP contribution in [0.3, 0.4) is 0 Å². The molecule has 140 valence electrons. The largest absolute Gasteiger partial charge is 0.447 e. The average Bonchev–Trinajstić information content (AvgIpc) is 2.78. The highest BCUT2D eigenvalue weighted by Gasteiger charge is 2.60. The Labute approximate surface area is 139 Å². The third-order valence-electron chi connectivity index (χ3n) is 3.43. The zero-order chi connectivity index (χ0) is 18.6. The highest BCUT2D eigenvalue weighted by atomic mass is 19.3. The number of rotatable bonds is 6. The minimum absolute atomic E-state index is 0.0982. The zero-order valence-corrected chi connectivity index (χ0v) is 13.1. The van der Waals surface area contributed by atoms with E-state index in [9.17, 15) is 23.5 Å². The average molecular weight is 365 g/mol. The number of hydrogen-bond donors (Lipinski definition) is 3. The van der Waals surface area contributed by atoms with Crippen molar-refractivity contribution in [3.63, 3.8) is 0 Å². The van der Waals surface area contributed by atoms with E-state index >= 15 is 0 Å². The van der Waals surface area contributed by atoms with Crippen LogP contribution in [0, 0.1) is 0 Å². The van der Waals surface area contributed by atoms with Crippen LogP contribution in [0.4, 0.5) is 19.4 Å². The molecule has 1 fully saturated rings. The summed E-state index contributed by atoms with van der Waals surface area (Å²) in [6, 6.07) is 1.08. The number of halogens is 2. The van der Waals surface area contributed by atoms with Crippen molar-refractivity contribution in [3.8, 4) is 0 Å².